The average molecular weight is 421 g/mol. The molecule has 9 heteroatoms. The van der Waals surface area contributed by atoms with E-state index in [-0.39, 0.29) is 12.4 Å². The van der Waals surface area contributed by atoms with Crippen LogP contribution in [0.1, 0.15) is 23.2 Å². The van der Waals surface area contributed by atoms with Crippen molar-refractivity contribution >= 4 is 11.8 Å². The van der Waals surface area contributed by atoms with Gasteiger partial charge in [-0.2, -0.15) is 11.8 Å². The van der Waals surface area contributed by atoms with Crippen molar-refractivity contribution in [1.82, 2.24) is 15.5 Å². The maximum Gasteiger partial charge on any atom is 0.274 e. The van der Waals surface area contributed by atoms with Gasteiger partial charge in [0.15, 0.2) is 5.82 Å². The normalized spacial score (nSPS) is 12.8. The van der Waals surface area contributed by atoms with Crippen molar-refractivity contribution in [2.75, 3.05) is 32.9 Å². The number of thioether (sulfide) groups is 1. The number of nitrogens with one attached hydrogen (secondary N) is 2. The molecule has 2 aromatic rings. The summed E-state index contributed by atoms with van der Waals surface area (Å²) in [7, 11) is 3.98. The Morgan fingerprint density at radius 1 is 1.24 bits per heavy atom. The maximum atomic E-state index is 10.8. The van der Waals surface area contributed by atoms with Gasteiger partial charge in [0, 0.05) is 18.8 Å². The number of benzene rings is 1. The molecule has 1 aromatic carbocycles. The molecule has 0 amide bonds. The number of aliphatic hydroxyl groups is 1. The maximum absolute atomic E-state index is 10.8. The molecule has 0 bridgehead atoms. The van der Waals surface area contributed by atoms with Crippen LogP contribution in [0.25, 0.3) is 0 Å². The molecule has 0 saturated carbocycles. The van der Waals surface area contributed by atoms with Crippen molar-refractivity contribution in [2.24, 2.45) is 0 Å². The van der Waals surface area contributed by atoms with Gasteiger partial charge in [0.1, 0.15) is 11.5 Å². The third-order valence-corrected chi connectivity index (χ3v) is 4.88. The number of furan rings is 1. The van der Waals surface area contributed by atoms with E-state index in [1.807, 2.05) is 61.5 Å². The lowest BCUT2D eigenvalue weighted by atomic mass is 10.1. The number of rotatable bonds is 13. The fraction of sp³-hybridized carbons (Fsp3) is 0.400. The molecule has 0 aliphatic carbocycles. The van der Waals surface area contributed by atoms with Crippen molar-refractivity contribution in [1.29, 1.82) is 0 Å². The van der Waals surface area contributed by atoms with Crippen molar-refractivity contribution in [3.63, 3.8) is 0 Å². The van der Waals surface area contributed by atoms with E-state index in [4.69, 9.17) is 4.42 Å². The Morgan fingerprint density at radius 3 is 2.66 bits per heavy atom. The number of nitrogens with zero attached hydrogens (tertiary/aromatic N) is 2. The Labute approximate surface area is 175 Å². The number of nitro groups is 1. The Balaban J connectivity index is 1.72. The lowest BCUT2D eigenvalue weighted by Gasteiger charge is -2.15. The van der Waals surface area contributed by atoms with Crippen molar-refractivity contribution in [2.45, 2.75) is 18.4 Å². The van der Waals surface area contributed by atoms with Crippen LogP contribution in [-0.4, -0.2) is 47.9 Å². The highest BCUT2D eigenvalue weighted by Gasteiger charge is 2.09. The summed E-state index contributed by atoms with van der Waals surface area (Å²) >= 11 is 1.68. The molecule has 0 aliphatic heterocycles. The smallest absolute Gasteiger partial charge is 0.274 e. The molecule has 0 saturated heterocycles. The van der Waals surface area contributed by atoms with Crippen LogP contribution in [0.3, 0.4) is 0 Å². The van der Waals surface area contributed by atoms with Gasteiger partial charge in [-0.15, -0.1) is 0 Å². The molecule has 8 nitrogen and oxygen atoms in total. The molecular weight excluding hydrogens is 392 g/mol. The molecular formula is C20H28N4O4S. The van der Waals surface area contributed by atoms with Crippen molar-refractivity contribution < 1.29 is 14.4 Å². The van der Waals surface area contributed by atoms with Crippen LogP contribution in [-0.2, 0) is 12.3 Å². The lowest BCUT2D eigenvalue weighted by molar-refractivity contribution is -0.404. The average Bonchev–Trinajstić information content (AvgIpc) is 3.12. The van der Waals surface area contributed by atoms with Crippen LogP contribution in [0.5, 0.6) is 0 Å². The van der Waals surface area contributed by atoms with Crippen LogP contribution >= 0.6 is 11.8 Å². The third-order valence-electron chi connectivity index (χ3n) is 3.90. The first-order valence-corrected chi connectivity index (χ1v) is 10.5. The van der Waals surface area contributed by atoms with E-state index in [1.54, 1.807) is 11.8 Å². The van der Waals surface area contributed by atoms with Crippen molar-refractivity contribution in [3.8, 4) is 0 Å². The molecule has 0 radical (unpaired) electrons. The zero-order valence-electron chi connectivity index (χ0n) is 16.7. The molecule has 1 unspecified atom stereocenters. The second-order valence-electron chi connectivity index (χ2n) is 6.72. The quantitative estimate of drug-likeness (QED) is 0.258. The molecule has 29 heavy (non-hydrogen) atoms. The van der Waals surface area contributed by atoms with Gasteiger partial charge in [-0.25, -0.2) is 0 Å². The molecule has 1 heterocycles. The topological polar surface area (TPSA) is 104 Å². The van der Waals surface area contributed by atoms with Gasteiger partial charge in [0.25, 0.3) is 6.20 Å². The van der Waals surface area contributed by atoms with Gasteiger partial charge >= 0.3 is 0 Å². The van der Waals surface area contributed by atoms with E-state index < -0.39 is 11.0 Å². The van der Waals surface area contributed by atoms with Gasteiger partial charge in [-0.05, 0) is 31.8 Å². The van der Waals surface area contributed by atoms with Gasteiger partial charge in [0.05, 0.1) is 23.3 Å². The number of aliphatic hydroxyl groups excluding tert-OH is 1. The standard InChI is InChI=1S/C20H28N4O4S/c1-23(2)13-17-8-9-18(28-17)15-29-11-10-21-20(14-24(26)27)22-12-19(25)16-6-4-3-5-7-16/h3-9,14,19,21-22,25H,10-13,15H2,1-2H3. The highest BCUT2D eigenvalue weighted by atomic mass is 32.2. The summed E-state index contributed by atoms with van der Waals surface area (Å²) in [6, 6.07) is 13.1. The second kappa shape index (κ2) is 12.2. The highest BCUT2D eigenvalue weighted by Crippen LogP contribution is 2.16. The summed E-state index contributed by atoms with van der Waals surface area (Å²) < 4.78 is 5.76. The second-order valence-corrected chi connectivity index (χ2v) is 7.83. The molecule has 1 aromatic heterocycles. The Hall–Kier alpha value is -2.49. The first-order valence-electron chi connectivity index (χ1n) is 9.30. The molecule has 0 aliphatic rings. The van der Waals surface area contributed by atoms with E-state index >= 15 is 0 Å². The van der Waals surface area contributed by atoms with E-state index in [1.165, 1.54) is 0 Å². The Bertz CT molecular complexity index is 780. The van der Waals surface area contributed by atoms with Gasteiger partial charge in [0.2, 0.25) is 0 Å². The molecule has 158 valence electrons. The summed E-state index contributed by atoms with van der Waals surface area (Å²) in [5.41, 5.74) is 0.753. The number of hydrogen-bond donors (Lipinski definition) is 3. The summed E-state index contributed by atoms with van der Waals surface area (Å²) in [5.74, 6) is 3.61. The van der Waals surface area contributed by atoms with Gasteiger partial charge < -0.3 is 25.1 Å². The first-order chi connectivity index (χ1) is 13.9. The number of hydrogen-bond acceptors (Lipinski definition) is 8. The molecule has 0 spiro atoms. The summed E-state index contributed by atoms with van der Waals surface area (Å²) in [4.78, 5) is 12.4. The van der Waals surface area contributed by atoms with E-state index in [0.29, 0.717) is 6.54 Å². The predicted octanol–water partition coefficient (Wildman–Crippen LogP) is 2.56. The van der Waals surface area contributed by atoms with E-state index in [9.17, 15) is 15.2 Å². The SMILES string of the molecule is CN(C)Cc1ccc(CSCCNC(=C[N+](=O)[O-])NCC(O)c2ccccc2)o1. The Morgan fingerprint density at radius 2 is 1.97 bits per heavy atom. The summed E-state index contributed by atoms with van der Waals surface area (Å²) in [5, 5.41) is 27.0. The van der Waals surface area contributed by atoms with Crippen LogP contribution < -0.4 is 10.6 Å². The molecule has 3 N–H and O–H groups in total. The van der Waals surface area contributed by atoms with E-state index in [0.717, 1.165) is 41.3 Å². The van der Waals surface area contributed by atoms with Crippen molar-refractivity contribution in [3.05, 3.63) is 81.7 Å². The minimum atomic E-state index is -0.752. The van der Waals surface area contributed by atoms with E-state index in [2.05, 4.69) is 10.6 Å². The largest absolute Gasteiger partial charge is 0.464 e. The highest BCUT2D eigenvalue weighted by molar-refractivity contribution is 7.98. The lowest BCUT2D eigenvalue weighted by Crippen LogP contribution is -2.31. The minimum Gasteiger partial charge on any atom is -0.464 e. The predicted molar refractivity (Wildman–Crippen MR) is 115 cm³/mol. The monoisotopic (exact) mass is 420 g/mol. The van der Waals surface area contributed by atoms with Gasteiger partial charge in [-0.1, -0.05) is 30.3 Å². The van der Waals surface area contributed by atoms with Crippen LogP contribution in [0.2, 0.25) is 0 Å². The summed E-state index contributed by atoms with van der Waals surface area (Å²) in [6.45, 7) is 1.48. The van der Waals surface area contributed by atoms with Crippen LogP contribution in [0, 0.1) is 10.1 Å². The molecule has 1 atom stereocenters. The molecule has 0 fully saturated rings. The fourth-order valence-electron chi connectivity index (χ4n) is 2.59. The Kier molecular flexibility index (Phi) is 9.55. The van der Waals surface area contributed by atoms with Crippen LogP contribution in [0.4, 0.5) is 0 Å². The van der Waals surface area contributed by atoms with Gasteiger partial charge in [-0.3, -0.25) is 10.1 Å². The minimum absolute atomic E-state index is 0.172. The molecule has 2 rings (SSSR count). The fourth-order valence-corrected chi connectivity index (χ4v) is 3.33. The zero-order valence-corrected chi connectivity index (χ0v) is 17.5. The van der Waals surface area contributed by atoms with Crippen LogP contribution in [0.15, 0.2) is 58.9 Å². The third kappa shape index (κ3) is 9.03. The summed E-state index contributed by atoms with van der Waals surface area (Å²) in [6.07, 6.45) is 0.125. The first kappa shape index (κ1) is 22.8. The zero-order chi connectivity index (χ0) is 21.1.